The molecule has 136 valence electrons. The molecule has 1 aliphatic rings. The number of sulfone groups is 1. The van der Waals surface area contributed by atoms with Gasteiger partial charge in [-0.15, -0.1) is 0 Å². The lowest BCUT2D eigenvalue weighted by atomic mass is 9.91. The van der Waals surface area contributed by atoms with Crippen LogP contribution in [0.1, 0.15) is 19.4 Å². The van der Waals surface area contributed by atoms with Crippen LogP contribution in [0.4, 0.5) is 0 Å². The van der Waals surface area contributed by atoms with Crippen molar-refractivity contribution in [3.8, 4) is 0 Å². The number of ether oxygens (including phenoxy) is 1. The number of carbonyl (C=O) groups excluding carboxylic acids is 2. The SMILES string of the molecule is CC(=O)OCCN1N=C(c2ccc(S(C)(=O)=O)cc2)C(C)(NO)C1=O. The van der Waals surface area contributed by atoms with E-state index in [9.17, 15) is 23.2 Å². The molecule has 0 aliphatic carbocycles. The molecule has 1 unspecified atom stereocenters. The molecule has 1 atom stereocenters. The van der Waals surface area contributed by atoms with Gasteiger partial charge in [-0.05, 0) is 19.1 Å². The summed E-state index contributed by atoms with van der Waals surface area (Å²) in [6.45, 7) is 2.70. The smallest absolute Gasteiger partial charge is 0.302 e. The molecule has 2 rings (SSSR count). The molecule has 1 aromatic rings. The van der Waals surface area contributed by atoms with E-state index in [-0.39, 0.29) is 23.8 Å². The Labute approximate surface area is 145 Å². The molecule has 25 heavy (non-hydrogen) atoms. The number of amides is 1. The van der Waals surface area contributed by atoms with Crippen molar-refractivity contribution < 1.29 is 28.0 Å². The summed E-state index contributed by atoms with van der Waals surface area (Å²) in [5.74, 6) is -1.00. The second kappa shape index (κ2) is 6.90. The summed E-state index contributed by atoms with van der Waals surface area (Å²) >= 11 is 0. The Kier molecular flexibility index (Phi) is 5.26. The number of hydrogen-bond donors (Lipinski definition) is 2. The topological polar surface area (TPSA) is 125 Å². The average molecular weight is 369 g/mol. The van der Waals surface area contributed by atoms with Gasteiger partial charge >= 0.3 is 5.97 Å². The minimum absolute atomic E-state index is 0.0284. The van der Waals surface area contributed by atoms with Crippen LogP contribution in [0.3, 0.4) is 0 Å². The summed E-state index contributed by atoms with van der Waals surface area (Å²) in [7, 11) is -3.35. The van der Waals surface area contributed by atoms with E-state index >= 15 is 0 Å². The van der Waals surface area contributed by atoms with Gasteiger partial charge in [-0.25, -0.2) is 13.4 Å². The number of hydrogen-bond acceptors (Lipinski definition) is 8. The first kappa shape index (κ1) is 19.0. The van der Waals surface area contributed by atoms with Crippen LogP contribution in [-0.4, -0.2) is 61.2 Å². The lowest BCUT2D eigenvalue weighted by Crippen LogP contribution is -2.54. The minimum atomic E-state index is -3.35. The fourth-order valence-corrected chi connectivity index (χ4v) is 2.99. The number of rotatable bonds is 6. The van der Waals surface area contributed by atoms with Crippen LogP contribution in [-0.2, 0) is 24.2 Å². The van der Waals surface area contributed by atoms with Crippen molar-refractivity contribution in [3.05, 3.63) is 29.8 Å². The second-order valence-corrected chi connectivity index (χ2v) is 7.77. The Bertz CT molecular complexity index is 818. The second-order valence-electron chi connectivity index (χ2n) is 5.75. The zero-order chi connectivity index (χ0) is 18.8. The molecule has 2 N–H and O–H groups in total. The van der Waals surface area contributed by atoms with Crippen molar-refractivity contribution in [2.24, 2.45) is 5.10 Å². The van der Waals surface area contributed by atoms with E-state index in [1.165, 1.54) is 38.1 Å². The molecule has 0 saturated heterocycles. The Morgan fingerprint density at radius 3 is 2.44 bits per heavy atom. The highest BCUT2D eigenvalue weighted by atomic mass is 32.2. The summed E-state index contributed by atoms with van der Waals surface area (Å²) in [6, 6.07) is 5.81. The van der Waals surface area contributed by atoms with Crippen LogP contribution in [0.2, 0.25) is 0 Å². The first-order valence-electron chi connectivity index (χ1n) is 7.36. The molecule has 0 aromatic heterocycles. The Hall–Kier alpha value is -2.30. The third-order valence-electron chi connectivity index (χ3n) is 3.74. The molecular formula is C15H19N3O6S. The predicted molar refractivity (Wildman–Crippen MR) is 87.8 cm³/mol. The Balaban J connectivity index is 2.32. The molecule has 0 bridgehead atoms. The van der Waals surface area contributed by atoms with E-state index < -0.39 is 27.3 Å². The number of hydrazone groups is 1. The number of nitrogens with zero attached hydrogens (tertiary/aromatic N) is 2. The van der Waals surface area contributed by atoms with E-state index in [4.69, 9.17) is 4.74 Å². The van der Waals surface area contributed by atoms with Crippen molar-refractivity contribution in [1.82, 2.24) is 10.5 Å². The first-order valence-corrected chi connectivity index (χ1v) is 9.25. The van der Waals surface area contributed by atoms with Gasteiger partial charge in [0.05, 0.1) is 17.2 Å². The van der Waals surface area contributed by atoms with Gasteiger partial charge < -0.3 is 9.94 Å². The highest BCUT2D eigenvalue weighted by Crippen LogP contribution is 2.25. The van der Waals surface area contributed by atoms with Crippen molar-refractivity contribution in [2.75, 3.05) is 19.4 Å². The number of hydroxylamine groups is 1. The molecule has 0 fully saturated rings. The van der Waals surface area contributed by atoms with Crippen LogP contribution in [0, 0.1) is 0 Å². The van der Waals surface area contributed by atoms with Crippen molar-refractivity contribution in [3.63, 3.8) is 0 Å². The van der Waals surface area contributed by atoms with E-state index in [1.54, 1.807) is 0 Å². The molecule has 0 saturated carbocycles. The maximum atomic E-state index is 12.5. The monoisotopic (exact) mass is 369 g/mol. The summed E-state index contributed by atoms with van der Waals surface area (Å²) < 4.78 is 27.9. The van der Waals surface area contributed by atoms with Gasteiger partial charge in [-0.2, -0.15) is 10.6 Å². The fraction of sp³-hybridized carbons (Fsp3) is 0.400. The Morgan fingerprint density at radius 1 is 1.36 bits per heavy atom. The maximum Gasteiger partial charge on any atom is 0.302 e. The third kappa shape index (κ3) is 3.86. The van der Waals surface area contributed by atoms with Crippen LogP contribution in [0.5, 0.6) is 0 Å². The molecule has 1 aromatic carbocycles. The van der Waals surface area contributed by atoms with Gasteiger partial charge in [0, 0.05) is 18.7 Å². The van der Waals surface area contributed by atoms with Gasteiger partial charge in [0.25, 0.3) is 5.91 Å². The lowest BCUT2D eigenvalue weighted by Gasteiger charge is -2.22. The predicted octanol–water partition coefficient (Wildman–Crippen LogP) is -0.0630. The molecule has 1 amide bonds. The van der Waals surface area contributed by atoms with Crippen LogP contribution >= 0.6 is 0 Å². The summed E-state index contributed by atoms with van der Waals surface area (Å²) in [6.07, 6.45) is 1.09. The van der Waals surface area contributed by atoms with Gasteiger partial charge in [-0.3, -0.25) is 9.59 Å². The van der Waals surface area contributed by atoms with Gasteiger partial charge in [0.15, 0.2) is 15.4 Å². The normalized spacial score (nSPS) is 20.6. The third-order valence-corrected chi connectivity index (χ3v) is 4.87. The fourth-order valence-electron chi connectivity index (χ4n) is 2.36. The van der Waals surface area contributed by atoms with E-state index in [0.717, 1.165) is 11.3 Å². The maximum absolute atomic E-state index is 12.5. The summed E-state index contributed by atoms with van der Waals surface area (Å²) in [5, 5.41) is 14.8. The van der Waals surface area contributed by atoms with Gasteiger partial charge in [0.1, 0.15) is 6.61 Å². The van der Waals surface area contributed by atoms with E-state index in [1.807, 2.05) is 5.48 Å². The van der Waals surface area contributed by atoms with Crippen LogP contribution < -0.4 is 5.48 Å². The molecule has 0 spiro atoms. The molecule has 10 heteroatoms. The van der Waals surface area contributed by atoms with Crippen LogP contribution in [0.25, 0.3) is 0 Å². The summed E-state index contributed by atoms with van der Waals surface area (Å²) in [4.78, 5) is 23.4. The zero-order valence-corrected chi connectivity index (χ0v) is 14.8. The number of benzene rings is 1. The van der Waals surface area contributed by atoms with E-state index in [0.29, 0.717) is 5.56 Å². The lowest BCUT2D eigenvalue weighted by molar-refractivity contribution is -0.144. The molecule has 0 radical (unpaired) electrons. The highest BCUT2D eigenvalue weighted by molar-refractivity contribution is 7.90. The van der Waals surface area contributed by atoms with Crippen molar-refractivity contribution >= 4 is 27.4 Å². The minimum Gasteiger partial charge on any atom is -0.464 e. The zero-order valence-electron chi connectivity index (χ0n) is 14.0. The van der Waals surface area contributed by atoms with Crippen molar-refractivity contribution in [1.29, 1.82) is 0 Å². The van der Waals surface area contributed by atoms with Gasteiger partial charge in [0.2, 0.25) is 0 Å². The van der Waals surface area contributed by atoms with Crippen molar-refractivity contribution in [2.45, 2.75) is 24.3 Å². The molecular weight excluding hydrogens is 350 g/mol. The summed E-state index contributed by atoms with van der Waals surface area (Å²) in [5.41, 5.74) is 1.16. The highest BCUT2D eigenvalue weighted by Gasteiger charge is 2.47. The average Bonchev–Trinajstić information content (AvgIpc) is 2.79. The van der Waals surface area contributed by atoms with Crippen LogP contribution in [0.15, 0.2) is 34.3 Å². The Morgan fingerprint density at radius 2 is 1.96 bits per heavy atom. The molecule has 1 aliphatic heterocycles. The molecule has 1 heterocycles. The standard InChI is InChI=1S/C15H19N3O6S/c1-10(19)24-9-8-18-14(20)15(2,17-21)13(16-18)11-4-6-12(7-5-11)25(3,22)23/h4-7,17,21H,8-9H2,1-3H3. The number of carbonyl (C=O) groups is 2. The number of nitrogens with one attached hydrogen (secondary N) is 1. The number of esters is 1. The van der Waals surface area contributed by atoms with Gasteiger partial charge in [-0.1, -0.05) is 12.1 Å². The first-order chi connectivity index (χ1) is 11.6. The quantitative estimate of drug-likeness (QED) is 0.531. The largest absolute Gasteiger partial charge is 0.464 e. The van der Waals surface area contributed by atoms with E-state index in [2.05, 4.69) is 5.10 Å². The molecule has 9 nitrogen and oxygen atoms in total.